The number of para-hydroxylation sites is 1. The quantitative estimate of drug-likeness (QED) is 0.783. The highest BCUT2D eigenvalue weighted by molar-refractivity contribution is 6.30. The fraction of sp³-hybridized carbons (Fsp3) is 0.133. The average molecular weight is 277 g/mol. The first-order chi connectivity index (χ1) is 9.20. The van der Waals surface area contributed by atoms with E-state index in [1.807, 2.05) is 6.07 Å². The van der Waals surface area contributed by atoms with Gasteiger partial charge < -0.3 is 9.47 Å². The minimum Gasteiger partial charge on any atom is -0.496 e. The zero-order valence-electron chi connectivity index (χ0n) is 10.4. The van der Waals surface area contributed by atoms with E-state index in [0.29, 0.717) is 22.1 Å². The zero-order chi connectivity index (χ0) is 13.7. The maximum atomic E-state index is 12.0. The Kier molecular flexibility index (Phi) is 4.42. The molecule has 0 spiro atoms. The first-order valence-corrected chi connectivity index (χ1v) is 6.13. The van der Waals surface area contributed by atoms with Gasteiger partial charge in [0.05, 0.1) is 12.7 Å². The van der Waals surface area contributed by atoms with E-state index in [-0.39, 0.29) is 12.4 Å². The molecule has 0 bridgehead atoms. The van der Waals surface area contributed by atoms with Crippen LogP contribution in [0.4, 0.5) is 0 Å². The van der Waals surface area contributed by atoms with E-state index in [0.717, 1.165) is 0 Å². The van der Waals surface area contributed by atoms with Gasteiger partial charge in [0.1, 0.15) is 11.5 Å². The summed E-state index contributed by atoms with van der Waals surface area (Å²) in [7, 11) is 1.53. The first kappa shape index (κ1) is 13.4. The number of carbonyl (C=O) groups excluding carboxylic acids is 1. The van der Waals surface area contributed by atoms with Crippen LogP contribution >= 0.6 is 11.6 Å². The first-order valence-electron chi connectivity index (χ1n) is 5.75. The van der Waals surface area contributed by atoms with Crippen LogP contribution in [-0.2, 0) is 0 Å². The molecule has 0 atom stereocenters. The smallest absolute Gasteiger partial charge is 0.203 e. The van der Waals surface area contributed by atoms with Crippen LogP contribution in [0.5, 0.6) is 11.5 Å². The molecule has 3 nitrogen and oxygen atoms in total. The molecule has 0 saturated carbocycles. The highest BCUT2D eigenvalue weighted by Gasteiger charge is 2.12. The van der Waals surface area contributed by atoms with E-state index in [9.17, 15) is 4.79 Å². The molecule has 0 aliphatic heterocycles. The molecule has 0 aliphatic rings. The van der Waals surface area contributed by atoms with Crippen molar-refractivity contribution < 1.29 is 14.3 Å². The van der Waals surface area contributed by atoms with Gasteiger partial charge in [-0.05, 0) is 36.4 Å². The number of Topliss-reactive ketones (excluding diaryl/α,β-unsaturated/α-hetero) is 1. The van der Waals surface area contributed by atoms with Gasteiger partial charge in [0.25, 0.3) is 0 Å². The topological polar surface area (TPSA) is 35.5 Å². The lowest BCUT2D eigenvalue weighted by molar-refractivity contribution is 0.0918. The van der Waals surface area contributed by atoms with Crippen LogP contribution < -0.4 is 9.47 Å². The third-order valence-electron chi connectivity index (χ3n) is 2.59. The van der Waals surface area contributed by atoms with Crippen molar-refractivity contribution in [3.05, 3.63) is 59.1 Å². The fourth-order valence-corrected chi connectivity index (χ4v) is 1.76. The van der Waals surface area contributed by atoms with Crippen LogP contribution in [0, 0.1) is 0 Å². The van der Waals surface area contributed by atoms with Gasteiger partial charge in [-0.3, -0.25) is 4.79 Å². The fourth-order valence-electron chi connectivity index (χ4n) is 1.63. The molecule has 0 aromatic heterocycles. The molecule has 0 unspecified atom stereocenters. The third-order valence-corrected chi connectivity index (χ3v) is 2.84. The van der Waals surface area contributed by atoms with Gasteiger partial charge in [0, 0.05) is 5.02 Å². The summed E-state index contributed by atoms with van der Waals surface area (Å²) in [6, 6.07) is 13.9. The van der Waals surface area contributed by atoms with Gasteiger partial charge in [-0.25, -0.2) is 0 Å². The number of carbonyl (C=O) groups is 1. The van der Waals surface area contributed by atoms with E-state index in [2.05, 4.69) is 0 Å². The largest absolute Gasteiger partial charge is 0.496 e. The molecule has 19 heavy (non-hydrogen) atoms. The molecule has 0 aliphatic carbocycles. The number of methoxy groups -OCH3 is 1. The second-order valence-corrected chi connectivity index (χ2v) is 4.30. The van der Waals surface area contributed by atoms with E-state index in [1.165, 1.54) is 7.11 Å². The minimum absolute atomic E-state index is 0.0397. The predicted octanol–water partition coefficient (Wildman–Crippen LogP) is 3.61. The maximum Gasteiger partial charge on any atom is 0.203 e. The highest BCUT2D eigenvalue weighted by atomic mass is 35.5. The van der Waals surface area contributed by atoms with Crippen LogP contribution in [0.25, 0.3) is 0 Å². The van der Waals surface area contributed by atoms with Gasteiger partial charge in [0.15, 0.2) is 6.61 Å². The lowest BCUT2D eigenvalue weighted by atomic mass is 10.1. The van der Waals surface area contributed by atoms with E-state index in [1.54, 1.807) is 42.5 Å². The lowest BCUT2D eigenvalue weighted by Crippen LogP contribution is -2.12. The van der Waals surface area contributed by atoms with Gasteiger partial charge in [-0.2, -0.15) is 0 Å². The van der Waals surface area contributed by atoms with Crippen LogP contribution in [0.2, 0.25) is 5.02 Å². The van der Waals surface area contributed by atoms with Gasteiger partial charge in [0.2, 0.25) is 5.78 Å². The number of halogens is 1. The molecule has 4 heteroatoms. The number of ether oxygens (including phenoxy) is 2. The van der Waals surface area contributed by atoms with Crippen molar-refractivity contribution in [2.75, 3.05) is 13.7 Å². The van der Waals surface area contributed by atoms with Crippen molar-refractivity contribution in [2.45, 2.75) is 0 Å². The molecule has 0 saturated heterocycles. The zero-order valence-corrected chi connectivity index (χ0v) is 11.2. The van der Waals surface area contributed by atoms with Crippen molar-refractivity contribution in [1.82, 2.24) is 0 Å². The maximum absolute atomic E-state index is 12.0. The van der Waals surface area contributed by atoms with Crippen LogP contribution in [-0.4, -0.2) is 19.5 Å². The summed E-state index contributed by atoms with van der Waals surface area (Å²) in [6.07, 6.45) is 0. The Morgan fingerprint density at radius 2 is 1.79 bits per heavy atom. The molecule has 2 aromatic carbocycles. The summed E-state index contributed by atoms with van der Waals surface area (Å²) in [5.74, 6) is 1.02. The van der Waals surface area contributed by atoms with Crippen LogP contribution in [0.15, 0.2) is 48.5 Å². The van der Waals surface area contributed by atoms with E-state index >= 15 is 0 Å². The molecule has 0 heterocycles. The molecule has 0 radical (unpaired) electrons. The SMILES string of the molecule is COc1ccccc1C(=O)COc1ccc(Cl)cc1. The predicted molar refractivity (Wildman–Crippen MR) is 74.3 cm³/mol. The summed E-state index contributed by atoms with van der Waals surface area (Å²) in [6.45, 7) is -0.0397. The summed E-state index contributed by atoms with van der Waals surface area (Å²) in [5, 5.41) is 0.628. The minimum atomic E-state index is -0.132. The van der Waals surface area contributed by atoms with Gasteiger partial charge >= 0.3 is 0 Å². The summed E-state index contributed by atoms with van der Waals surface area (Å²) in [4.78, 5) is 12.0. The normalized spacial score (nSPS) is 10.0. The molecular weight excluding hydrogens is 264 g/mol. The molecule has 0 fully saturated rings. The number of hydrogen-bond acceptors (Lipinski definition) is 3. The summed E-state index contributed by atoms with van der Waals surface area (Å²) >= 11 is 5.77. The van der Waals surface area contributed by atoms with Crippen molar-refractivity contribution >= 4 is 17.4 Å². The summed E-state index contributed by atoms with van der Waals surface area (Å²) < 4.78 is 10.6. The Balaban J connectivity index is 2.03. The molecular formula is C15H13ClO3. The number of ketones is 1. The van der Waals surface area contributed by atoms with Gasteiger partial charge in [-0.15, -0.1) is 0 Å². The van der Waals surface area contributed by atoms with Crippen LogP contribution in [0.3, 0.4) is 0 Å². The third kappa shape index (κ3) is 3.48. The van der Waals surface area contributed by atoms with E-state index < -0.39 is 0 Å². The second kappa shape index (κ2) is 6.25. The molecule has 2 aromatic rings. The lowest BCUT2D eigenvalue weighted by Gasteiger charge is -2.08. The Morgan fingerprint density at radius 1 is 1.11 bits per heavy atom. The van der Waals surface area contributed by atoms with Crippen LogP contribution in [0.1, 0.15) is 10.4 Å². The van der Waals surface area contributed by atoms with Crippen molar-refractivity contribution in [2.24, 2.45) is 0 Å². The molecule has 0 N–H and O–H groups in total. The monoisotopic (exact) mass is 276 g/mol. The van der Waals surface area contributed by atoms with Crippen molar-refractivity contribution in [3.8, 4) is 11.5 Å². The standard InChI is InChI=1S/C15H13ClO3/c1-18-15-5-3-2-4-13(15)14(17)10-19-12-8-6-11(16)7-9-12/h2-9H,10H2,1H3. The molecule has 2 rings (SSSR count). The summed E-state index contributed by atoms with van der Waals surface area (Å²) in [5.41, 5.74) is 0.513. The number of rotatable bonds is 5. The number of benzene rings is 2. The van der Waals surface area contributed by atoms with Gasteiger partial charge in [-0.1, -0.05) is 23.7 Å². The molecule has 98 valence electrons. The van der Waals surface area contributed by atoms with Crippen molar-refractivity contribution in [3.63, 3.8) is 0 Å². The van der Waals surface area contributed by atoms with E-state index in [4.69, 9.17) is 21.1 Å². The number of hydrogen-bond donors (Lipinski definition) is 0. The average Bonchev–Trinajstić information content (AvgIpc) is 2.46. The Morgan fingerprint density at radius 3 is 2.47 bits per heavy atom. The van der Waals surface area contributed by atoms with Crippen molar-refractivity contribution in [1.29, 1.82) is 0 Å². The Hall–Kier alpha value is -2.00. The Labute approximate surface area is 116 Å². The highest BCUT2D eigenvalue weighted by Crippen LogP contribution is 2.19. The Bertz CT molecular complexity index is 564. The molecule has 0 amide bonds. The second-order valence-electron chi connectivity index (χ2n) is 3.87.